The minimum absolute atomic E-state index is 0.651. The normalized spacial score (nSPS) is 14.4. The van der Waals surface area contributed by atoms with E-state index in [4.69, 9.17) is 10.5 Å². The zero-order valence-electron chi connectivity index (χ0n) is 11.0. The molecule has 1 aliphatic rings. The van der Waals surface area contributed by atoms with Crippen LogP contribution in [0.5, 0.6) is 5.88 Å². The number of pyridine rings is 1. The second-order valence-corrected chi connectivity index (χ2v) is 4.84. The minimum atomic E-state index is 0.651. The van der Waals surface area contributed by atoms with Crippen molar-refractivity contribution >= 4 is 5.69 Å². The van der Waals surface area contributed by atoms with Crippen LogP contribution in [0.4, 0.5) is 5.69 Å². The third-order valence-electron chi connectivity index (χ3n) is 3.50. The molecule has 0 saturated carbocycles. The van der Waals surface area contributed by atoms with Crippen LogP contribution in [0.2, 0.25) is 0 Å². The van der Waals surface area contributed by atoms with Crippen LogP contribution >= 0.6 is 0 Å². The molecule has 0 saturated heterocycles. The fourth-order valence-corrected chi connectivity index (χ4v) is 2.51. The number of nitrogen functional groups attached to an aromatic ring is 1. The zero-order valence-corrected chi connectivity index (χ0v) is 11.0. The molecule has 0 radical (unpaired) electrons. The second kappa shape index (κ2) is 4.90. The SMILES string of the molecule is COc1ccc(CN2Cc3cccc(N)c3C2)cn1. The van der Waals surface area contributed by atoms with Gasteiger partial charge in [0.2, 0.25) is 5.88 Å². The van der Waals surface area contributed by atoms with Crippen molar-refractivity contribution in [2.24, 2.45) is 0 Å². The van der Waals surface area contributed by atoms with Crippen molar-refractivity contribution < 1.29 is 4.74 Å². The number of ether oxygens (including phenoxy) is 1. The number of anilines is 1. The first kappa shape index (κ1) is 12.0. The predicted molar refractivity (Wildman–Crippen MR) is 74.6 cm³/mol. The van der Waals surface area contributed by atoms with E-state index in [1.54, 1.807) is 7.11 Å². The molecule has 0 atom stereocenters. The quantitative estimate of drug-likeness (QED) is 0.854. The molecule has 0 aliphatic carbocycles. The first-order chi connectivity index (χ1) is 9.26. The number of methoxy groups -OCH3 is 1. The Hall–Kier alpha value is -2.07. The maximum absolute atomic E-state index is 6.01. The van der Waals surface area contributed by atoms with E-state index in [-0.39, 0.29) is 0 Å². The van der Waals surface area contributed by atoms with Crippen LogP contribution in [0.15, 0.2) is 36.5 Å². The average Bonchev–Trinajstić information content (AvgIpc) is 2.84. The smallest absolute Gasteiger partial charge is 0.212 e. The van der Waals surface area contributed by atoms with Crippen molar-refractivity contribution in [3.8, 4) is 5.88 Å². The summed E-state index contributed by atoms with van der Waals surface area (Å²) in [6.07, 6.45) is 1.87. The van der Waals surface area contributed by atoms with Crippen molar-refractivity contribution in [2.45, 2.75) is 19.6 Å². The number of benzene rings is 1. The van der Waals surface area contributed by atoms with Gasteiger partial charge in [-0.1, -0.05) is 18.2 Å². The van der Waals surface area contributed by atoms with Crippen molar-refractivity contribution in [3.63, 3.8) is 0 Å². The molecule has 1 aromatic carbocycles. The van der Waals surface area contributed by atoms with Gasteiger partial charge in [-0.25, -0.2) is 4.98 Å². The van der Waals surface area contributed by atoms with Crippen molar-refractivity contribution in [1.29, 1.82) is 0 Å². The lowest BCUT2D eigenvalue weighted by atomic mass is 10.1. The summed E-state index contributed by atoms with van der Waals surface area (Å²) < 4.78 is 5.06. The molecule has 2 N–H and O–H groups in total. The number of rotatable bonds is 3. The zero-order chi connectivity index (χ0) is 13.2. The third-order valence-corrected chi connectivity index (χ3v) is 3.50. The molecule has 2 heterocycles. The van der Waals surface area contributed by atoms with Crippen molar-refractivity contribution in [1.82, 2.24) is 9.88 Å². The van der Waals surface area contributed by atoms with E-state index in [2.05, 4.69) is 22.0 Å². The Labute approximate surface area is 112 Å². The Morgan fingerprint density at radius 2 is 2.16 bits per heavy atom. The molecule has 3 rings (SSSR count). The first-order valence-electron chi connectivity index (χ1n) is 6.34. The molecule has 0 fully saturated rings. The van der Waals surface area contributed by atoms with Crippen LogP contribution in [-0.4, -0.2) is 17.0 Å². The summed E-state index contributed by atoms with van der Waals surface area (Å²) in [7, 11) is 1.63. The number of hydrogen-bond donors (Lipinski definition) is 1. The highest BCUT2D eigenvalue weighted by molar-refractivity contribution is 5.52. The van der Waals surface area contributed by atoms with Gasteiger partial charge in [0.1, 0.15) is 0 Å². The Balaban J connectivity index is 1.71. The summed E-state index contributed by atoms with van der Waals surface area (Å²) in [5.41, 5.74) is 10.7. The van der Waals surface area contributed by atoms with Gasteiger partial charge < -0.3 is 10.5 Å². The first-order valence-corrected chi connectivity index (χ1v) is 6.34. The van der Waals surface area contributed by atoms with E-state index in [9.17, 15) is 0 Å². The fraction of sp³-hybridized carbons (Fsp3) is 0.267. The monoisotopic (exact) mass is 255 g/mol. The lowest BCUT2D eigenvalue weighted by Gasteiger charge is -2.14. The molecule has 4 heteroatoms. The summed E-state index contributed by atoms with van der Waals surface area (Å²) >= 11 is 0. The molecule has 0 bridgehead atoms. The molecular weight excluding hydrogens is 238 g/mol. The van der Waals surface area contributed by atoms with Gasteiger partial charge in [0.15, 0.2) is 0 Å². The predicted octanol–water partition coefficient (Wildman–Crippen LogP) is 2.19. The number of fused-ring (bicyclic) bond motifs is 1. The van der Waals surface area contributed by atoms with Crippen LogP contribution < -0.4 is 10.5 Å². The highest BCUT2D eigenvalue weighted by atomic mass is 16.5. The van der Waals surface area contributed by atoms with Gasteiger partial charge in [-0.3, -0.25) is 4.90 Å². The van der Waals surface area contributed by atoms with E-state index in [1.807, 2.05) is 24.4 Å². The molecule has 0 amide bonds. The molecule has 0 spiro atoms. The number of nitrogens with zero attached hydrogens (tertiary/aromatic N) is 2. The Morgan fingerprint density at radius 3 is 2.84 bits per heavy atom. The van der Waals surface area contributed by atoms with Gasteiger partial charge in [-0.15, -0.1) is 0 Å². The van der Waals surface area contributed by atoms with E-state index in [0.717, 1.165) is 25.3 Å². The van der Waals surface area contributed by atoms with Gasteiger partial charge in [-0.05, 0) is 22.8 Å². The van der Waals surface area contributed by atoms with E-state index in [0.29, 0.717) is 5.88 Å². The van der Waals surface area contributed by atoms with Crippen molar-refractivity contribution in [2.75, 3.05) is 12.8 Å². The highest BCUT2D eigenvalue weighted by Gasteiger charge is 2.20. The Bertz CT molecular complexity index is 580. The van der Waals surface area contributed by atoms with Crippen molar-refractivity contribution in [3.05, 3.63) is 53.2 Å². The molecule has 2 aromatic rings. The van der Waals surface area contributed by atoms with Gasteiger partial charge in [0.25, 0.3) is 0 Å². The lowest BCUT2D eigenvalue weighted by Crippen LogP contribution is -2.15. The molecule has 98 valence electrons. The van der Waals surface area contributed by atoms with Crippen LogP contribution in [0.25, 0.3) is 0 Å². The van der Waals surface area contributed by atoms with Gasteiger partial charge in [0, 0.05) is 37.6 Å². The van der Waals surface area contributed by atoms with Gasteiger partial charge in [0.05, 0.1) is 7.11 Å². The van der Waals surface area contributed by atoms with Crippen LogP contribution in [0, 0.1) is 0 Å². The Kier molecular flexibility index (Phi) is 3.09. The summed E-state index contributed by atoms with van der Waals surface area (Å²) in [4.78, 5) is 6.60. The summed E-state index contributed by atoms with van der Waals surface area (Å²) in [5.74, 6) is 0.651. The van der Waals surface area contributed by atoms with E-state index in [1.165, 1.54) is 16.7 Å². The molecule has 19 heavy (non-hydrogen) atoms. The van der Waals surface area contributed by atoms with Gasteiger partial charge >= 0.3 is 0 Å². The van der Waals surface area contributed by atoms with Crippen LogP contribution in [0.3, 0.4) is 0 Å². The number of nitrogens with two attached hydrogens (primary N) is 1. The van der Waals surface area contributed by atoms with E-state index >= 15 is 0 Å². The summed E-state index contributed by atoms with van der Waals surface area (Å²) in [5, 5.41) is 0. The largest absolute Gasteiger partial charge is 0.481 e. The summed E-state index contributed by atoms with van der Waals surface area (Å²) in [6, 6.07) is 10.1. The molecular formula is C15H17N3O. The maximum Gasteiger partial charge on any atom is 0.212 e. The second-order valence-electron chi connectivity index (χ2n) is 4.84. The topological polar surface area (TPSA) is 51.4 Å². The number of aromatic nitrogens is 1. The Morgan fingerprint density at radius 1 is 1.26 bits per heavy atom. The van der Waals surface area contributed by atoms with Crippen LogP contribution in [-0.2, 0) is 19.6 Å². The molecule has 4 nitrogen and oxygen atoms in total. The maximum atomic E-state index is 6.01. The number of hydrogen-bond acceptors (Lipinski definition) is 4. The highest BCUT2D eigenvalue weighted by Crippen LogP contribution is 2.28. The third kappa shape index (κ3) is 2.39. The molecule has 1 aromatic heterocycles. The van der Waals surface area contributed by atoms with Crippen LogP contribution in [0.1, 0.15) is 16.7 Å². The molecule has 0 unspecified atom stereocenters. The van der Waals surface area contributed by atoms with Gasteiger partial charge in [-0.2, -0.15) is 0 Å². The standard InChI is InChI=1S/C15H17N3O/c1-19-15-6-5-11(7-17-15)8-18-9-12-3-2-4-14(16)13(12)10-18/h2-7H,8-10,16H2,1H3. The lowest BCUT2D eigenvalue weighted by molar-refractivity contribution is 0.275. The minimum Gasteiger partial charge on any atom is -0.481 e. The van der Waals surface area contributed by atoms with E-state index < -0.39 is 0 Å². The summed E-state index contributed by atoms with van der Waals surface area (Å²) in [6.45, 7) is 2.74. The fourth-order valence-electron chi connectivity index (χ4n) is 2.51. The average molecular weight is 255 g/mol. The molecule has 1 aliphatic heterocycles.